The standard InChI is InChI=1S/C13H20N4O/c1-10-7-16(12-8-18-9-12)4-5-17(10)11-2-3-13(14)15-6-11/h2-3,6,10,12H,4-5,7-9H2,1H3,(H2,14,15)/p+1. The molecule has 2 aliphatic heterocycles. The van der Waals surface area contributed by atoms with E-state index in [9.17, 15) is 0 Å². The molecule has 0 amide bonds. The van der Waals surface area contributed by atoms with Crippen molar-refractivity contribution in [1.29, 1.82) is 0 Å². The molecule has 98 valence electrons. The quantitative estimate of drug-likeness (QED) is 0.801. The fourth-order valence-electron chi connectivity index (χ4n) is 2.74. The monoisotopic (exact) mass is 249 g/mol. The van der Waals surface area contributed by atoms with Crippen LogP contribution in [0.25, 0.3) is 0 Å². The molecule has 18 heavy (non-hydrogen) atoms. The summed E-state index contributed by atoms with van der Waals surface area (Å²) in [4.78, 5) is 8.06. The summed E-state index contributed by atoms with van der Waals surface area (Å²) in [5.74, 6) is 0.705. The Hall–Kier alpha value is -1.33. The summed E-state index contributed by atoms with van der Waals surface area (Å²) in [7, 11) is 0. The van der Waals surface area contributed by atoms with Gasteiger partial charge in [-0.25, -0.2) is 4.98 Å². The predicted molar refractivity (Wildman–Crippen MR) is 70.4 cm³/mol. The minimum absolute atomic E-state index is 0.524. The summed E-state index contributed by atoms with van der Waals surface area (Å²) in [6.45, 7) is 7.38. The molecule has 1 aromatic rings. The summed E-state index contributed by atoms with van der Waals surface area (Å²) >= 11 is 0. The second-order valence-corrected chi connectivity index (χ2v) is 5.23. The van der Waals surface area contributed by atoms with Crippen LogP contribution in [0, 0.1) is 0 Å². The van der Waals surface area contributed by atoms with Crippen LogP contribution in [0.3, 0.4) is 0 Å². The first-order chi connectivity index (χ1) is 8.74. The van der Waals surface area contributed by atoms with Gasteiger partial charge in [0.1, 0.15) is 6.20 Å². The third-order valence-electron chi connectivity index (χ3n) is 3.95. The normalized spacial score (nSPS) is 26.1. The van der Waals surface area contributed by atoms with Gasteiger partial charge in [-0.15, -0.1) is 0 Å². The number of nitrogens with zero attached hydrogens (tertiary/aromatic N) is 2. The maximum absolute atomic E-state index is 5.68. The molecule has 2 aliphatic rings. The number of H-pyrrole nitrogens is 1. The number of hydrogen-bond acceptors (Lipinski definition) is 4. The predicted octanol–water partition coefficient (Wildman–Crippen LogP) is -0.00780. The number of nitrogens with two attached hydrogens (primary N) is 1. The van der Waals surface area contributed by atoms with Gasteiger partial charge in [0, 0.05) is 31.7 Å². The fraction of sp³-hybridized carbons (Fsp3) is 0.615. The maximum Gasteiger partial charge on any atom is 0.270 e. The van der Waals surface area contributed by atoms with Gasteiger partial charge in [0.05, 0.1) is 24.9 Å². The first-order valence-corrected chi connectivity index (χ1v) is 6.59. The van der Waals surface area contributed by atoms with Crippen LogP contribution in [-0.4, -0.2) is 49.8 Å². The van der Waals surface area contributed by atoms with Crippen molar-refractivity contribution in [3.63, 3.8) is 0 Å². The number of anilines is 2. The van der Waals surface area contributed by atoms with Crippen molar-refractivity contribution < 1.29 is 9.72 Å². The summed E-state index contributed by atoms with van der Waals surface area (Å²) < 4.78 is 5.27. The molecule has 1 unspecified atom stereocenters. The van der Waals surface area contributed by atoms with Gasteiger partial charge in [-0.05, 0) is 13.0 Å². The lowest BCUT2D eigenvalue weighted by Gasteiger charge is -2.46. The van der Waals surface area contributed by atoms with Crippen molar-refractivity contribution in [2.45, 2.75) is 19.0 Å². The Balaban J connectivity index is 1.66. The van der Waals surface area contributed by atoms with Gasteiger partial charge in [-0.2, -0.15) is 0 Å². The Labute approximate surface area is 108 Å². The zero-order valence-electron chi connectivity index (χ0n) is 10.8. The van der Waals surface area contributed by atoms with E-state index >= 15 is 0 Å². The minimum atomic E-state index is 0.524. The number of pyridine rings is 1. The van der Waals surface area contributed by atoms with Crippen LogP contribution in [-0.2, 0) is 4.74 Å². The largest absolute Gasteiger partial charge is 0.378 e. The number of piperazine rings is 1. The summed E-state index contributed by atoms with van der Waals surface area (Å²) in [5.41, 5.74) is 6.91. The van der Waals surface area contributed by atoms with E-state index < -0.39 is 0 Å². The Morgan fingerprint density at radius 3 is 2.72 bits per heavy atom. The Morgan fingerprint density at radius 1 is 1.33 bits per heavy atom. The van der Waals surface area contributed by atoms with E-state index in [-0.39, 0.29) is 0 Å². The van der Waals surface area contributed by atoms with Crippen LogP contribution in [0.5, 0.6) is 0 Å². The molecular weight excluding hydrogens is 228 g/mol. The van der Waals surface area contributed by atoms with Crippen molar-refractivity contribution in [2.24, 2.45) is 0 Å². The van der Waals surface area contributed by atoms with Gasteiger partial charge in [0.2, 0.25) is 0 Å². The minimum Gasteiger partial charge on any atom is -0.378 e. The van der Waals surface area contributed by atoms with Crippen LogP contribution >= 0.6 is 0 Å². The first-order valence-electron chi connectivity index (χ1n) is 6.59. The topological polar surface area (TPSA) is 55.9 Å². The van der Waals surface area contributed by atoms with Crippen LogP contribution in [0.2, 0.25) is 0 Å². The van der Waals surface area contributed by atoms with Crippen LogP contribution < -0.4 is 15.6 Å². The fourth-order valence-corrected chi connectivity index (χ4v) is 2.74. The molecule has 0 aromatic carbocycles. The SMILES string of the molecule is CC1CN(C2COC2)CCN1c1ccc(N)[nH+]c1. The lowest BCUT2D eigenvalue weighted by molar-refractivity contribution is -0.359. The first kappa shape index (κ1) is 11.7. The molecule has 0 aliphatic carbocycles. The number of nitrogen functional groups attached to an aromatic ring is 1. The molecule has 2 fully saturated rings. The van der Waals surface area contributed by atoms with Gasteiger partial charge < -0.3 is 9.64 Å². The van der Waals surface area contributed by atoms with Crippen LogP contribution in [0.1, 0.15) is 6.92 Å². The van der Waals surface area contributed by atoms with E-state index in [1.807, 2.05) is 12.3 Å². The number of ether oxygens (including phenoxy) is 1. The Morgan fingerprint density at radius 2 is 2.17 bits per heavy atom. The van der Waals surface area contributed by atoms with Gasteiger partial charge in [0.25, 0.3) is 5.82 Å². The molecule has 3 heterocycles. The molecule has 3 rings (SSSR count). The zero-order chi connectivity index (χ0) is 12.5. The third kappa shape index (κ3) is 2.15. The second-order valence-electron chi connectivity index (χ2n) is 5.23. The Bertz CT molecular complexity index is 404. The van der Waals surface area contributed by atoms with Crippen molar-refractivity contribution in [3.8, 4) is 0 Å². The smallest absolute Gasteiger partial charge is 0.270 e. The van der Waals surface area contributed by atoms with Crippen molar-refractivity contribution in [3.05, 3.63) is 18.3 Å². The highest BCUT2D eigenvalue weighted by Gasteiger charge is 2.32. The molecule has 3 N–H and O–H groups in total. The lowest BCUT2D eigenvalue weighted by Crippen LogP contribution is -2.59. The maximum atomic E-state index is 5.68. The molecule has 0 saturated carbocycles. The average Bonchev–Trinajstić information content (AvgIpc) is 2.29. The number of rotatable bonds is 2. The third-order valence-corrected chi connectivity index (χ3v) is 3.95. The number of aromatic amines is 1. The molecule has 0 spiro atoms. The van der Waals surface area contributed by atoms with Crippen molar-refractivity contribution in [2.75, 3.05) is 43.5 Å². The number of aromatic nitrogens is 1. The molecule has 0 bridgehead atoms. The van der Waals surface area contributed by atoms with E-state index in [4.69, 9.17) is 10.5 Å². The molecule has 2 saturated heterocycles. The van der Waals surface area contributed by atoms with Crippen LogP contribution in [0.15, 0.2) is 18.3 Å². The van der Waals surface area contributed by atoms with Crippen LogP contribution in [0.4, 0.5) is 11.5 Å². The highest BCUT2D eigenvalue weighted by Crippen LogP contribution is 2.22. The summed E-state index contributed by atoms with van der Waals surface area (Å²) in [6, 6.07) is 5.18. The summed E-state index contributed by atoms with van der Waals surface area (Å²) in [6.07, 6.45) is 1.99. The van der Waals surface area contributed by atoms with Gasteiger partial charge >= 0.3 is 0 Å². The molecule has 0 radical (unpaired) electrons. The second kappa shape index (κ2) is 4.74. The lowest BCUT2D eigenvalue weighted by atomic mass is 10.1. The number of nitrogens with one attached hydrogen (secondary N) is 1. The van der Waals surface area contributed by atoms with E-state index in [0.717, 1.165) is 32.8 Å². The van der Waals surface area contributed by atoms with Gasteiger partial charge in [-0.3, -0.25) is 10.6 Å². The van der Waals surface area contributed by atoms with Crippen molar-refractivity contribution >= 4 is 11.5 Å². The molecule has 5 nitrogen and oxygen atoms in total. The van der Waals surface area contributed by atoms with Crippen molar-refractivity contribution in [1.82, 2.24) is 4.90 Å². The molecule has 5 heteroatoms. The molecule has 1 atom stereocenters. The zero-order valence-corrected chi connectivity index (χ0v) is 10.8. The van der Waals surface area contributed by atoms with Gasteiger partial charge in [-0.1, -0.05) is 0 Å². The van der Waals surface area contributed by atoms with E-state index in [1.165, 1.54) is 5.69 Å². The Kier molecular flexibility index (Phi) is 3.09. The van der Waals surface area contributed by atoms with E-state index in [0.29, 0.717) is 17.9 Å². The highest BCUT2D eigenvalue weighted by atomic mass is 16.5. The molecular formula is C13H21N4O+. The van der Waals surface area contributed by atoms with Gasteiger partial charge in [0.15, 0.2) is 0 Å². The highest BCUT2D eigenvalue weighted by molar-refractivity contribution is 5.46. The van der Waals surface area contributed by atoms with E-state index in [2.05, 4.69) is 27.8 Å². The van der Waals surface area contributed by atoms with E-state index in [1.54, 1.807) is 0 Å². The summed E-state index contributed by atoms with van der Waals surface area (Å²) in [5, 5.41) is 0. The molecule has 1 aromatic heterocycles. The average molecular weight is 249 g/mol. The number of hydrogen-bond donors (Lipinski definition) is 1.